The fraction of sp³-hybridized carbons (Fsp3) is 0.345. The average Bonchev–Trinajstić information content (AvgIpc) is 2.97. The van der Waals surface area contributed by atoms with Crippen LogP contribution in [0.25, 0.3) is 0 Å². The third-order valence-electron chi connectivity index (χ3n) is 5.58. The first-order valence-corrected chi connectivity index (χ1v) is 13.0. The number of ether oxygens (including phenoxy) is 2. The van der Waals surface area contributed by atoms with Gasteiger partial charge in [-0.15, -0.1) is 0 Å². The maximum Gasteiger partial charge on any atom is 0.236 e. The van der Waals surface area contributed by atoms with Crippen LogP contribution in [-0.4, -0.2) is 92.1 Å². The largest absolute Gasteiger partial charge is 0.438 e. The van der Waals surface area contributed by atoms with Crippen molar-refractivity contribution in [3.63, 3.8) is 0 Å². The molecule has 3 aromatic rings. The number of likely N-dealkylation sites (N-methyl/N-ethyl adjacent to an activating group) is 1. The summed E-state index contributed by atoms with van der Waals surface area (Å²) in [6.07, 6.45) is 2.27. The van der Waals surface area contributed by atoms with E-state index in [2.05, 4.69) is 15.2 Å². The minimum absolute atomic E-state index is 0.163. The molecule has 0 spiro atoms. The lowest BCUT2D eigenvalue weighted by atomic mass is 10.2. The predicted molar refractivity (Wildman–Crippen MR) is 152 cm³/mol. The molecule has 0 saturated carbocycles. The van der Waals surface area contributed by atoms with Crippen molar-refractivity contribution in [2.24, 2.45) is 0 Å². The minimum atomic E-state index is 0.163. The molecule has 0 radical (unpaired) electrons. The lowest BCUT2D eigenvalue weighted by molar-refractivity contribution is -0.131. The fourth-order valence-corrected chi connectivity index (χ4v) is 3.68. The van der Waals surface area contributed by atoms with Gasteiger partial charge in [-0.3, -0.25) is 14.5 Å². The summed E-state index contributed by atoms with van der Waals surface area (Å²) in [7, 11) is 3.48. The highest BCUT2D eigenvalue weighted by molar-refractivity contribution is 6.30. The van der Waals surface area contributed by atoms with Gasteiger partial charge in [0, 0.05) is 51.1 Å². The van der Waals surface area contributed by atoms with Gasteiger partial charge in [-0.05, 0) is 49.0 Å². The van der Waals surface area contributed by atoms with E-state index in [0.717, 1.165) is 26.2 Å². The number of pyridine rings is 1. The van der Waals surface area contributed by atoms with Crippen molar-refractivity contribution < 1.29 is 24.2 Å². The minimum Gasteiger partial charge on any atom is -0.438 e. The fourth-order valence-electron chi connectivity index (χ4n) is 3.56. The van der Waals surface area contributed by atoms with Gasteiger partial charge in [0.1, 0.15) is 5.75 Å². The topological polar surface area (TPSA) is 104 Å². The standard InChI is InChI=1S/C12H8ClNO2.C9H19N3O2.C8H10O/c13-10-3-5-11(6-4-10)16-12-9(8-15)2-1-7-14-12;1-10-8-9(14)12-4-2-11(3-5-12)6-7-13;1-9-7-8-5-3-2-4-6-8/h1-8H;10,13H,2-8H2,1H3;2-6H,7H2,1H3. The van der Waals surface area contributed by atoms with E-state index < -0.39 is 0 Å². The van der Waals surface area contributed by atoms with Crippen LogP contribution in [0.1, 0.15) is 15.9 Å². The van der Waals surface area contributed by atoms with Gasteiger partial charge in [0.05, 0.1) is 25.3 Å². The van der Waals surface area contributed by atoms with Gasteiger partial charge in [0.25, 0.3) is 0 Å². The number of benzene rings is 2. The van der Waals surface area contributed by atoms with E-state index in [1.165, 1.54) is 5.56 Å². The molecule has 1 aliphatic rings. The van der Waals surface area contributed by atoms with Gasteiger partial charge in [-0.2, -0.15) is 0 Å². The third-order valence-corrected chi connectivity index (χ3v) is 5.83. The molecule has 1 fully saturated rings. The summed E-state index contributed by atoms with van der Waals surface area (Å²) < 4.78 is 10.4. The number of nitrogens with zero attached hydrogens (tertiary/aromatic N) is 3. The molecule has 0 unspecified atom stereocenters. The Morgan fingerprint density at radius 2 is 1.74 bits per heavy atom. The second-order valence-electron chi connectivity index (χ2n) is 8.47. The van der Waals surface area contributed by atoms with Crippen LogP contribution in [0.15, 0.2) is 72.9 Å². The van der Waals surface area contributed by atoms with Gasteiger partial charge in [-0.25, -0.2) is 4.98 Å². The summed E-state index contributed by atoms with van der Waals surface area (Å²) in [6.45, 7) is 5.34. The Morgan fingerprint density at radius 1 is 1.05 bits per heavy atom. The number of aromatic nitrogens is 1. The molecule has 2 N–H and O–H groups in total. The number of rotatable bonds is 9. The summed E-state index contributed by atoms with van der Waals surface area (Å²) in [6, 6.07) is 20.3. The van der Waals surface area contributed by atoms with E-state index in [0.29, 0.717) is 48.2 Å². The molecule has 0 bridgehead atoms. The van der Waals surface area contributed by atoms with E-state index in [-0.39, 0.29) is 12.5 Å². The van der Waals surface area contributed by atoms with Crippen LogP contribution in [0, 0.1) is 0 Å². The van der Waals surface area contributed by atoms with Crippen LogP contribution in [0.3, 0.4) is 0 Å². The van der Waals surface area contributed by atoms with Crippen molar-refractivity contribution in [1.82, 2.24) is 20.1 Å². The Hall–Kier alpha value is -3.34. The lowest BCUT2D eigenvalue weighted by Crippen LogP contribution is -2.51. The quantitative estimate of drug-likeness (QED) is 0.386. The molecular weight excluding hydrogens is 520 g/mol. The SMILES string of the molecule is CNCC(=O)N1CCN(CCO)CC1.COCc1ccccc1.O=Cc1cccnc1Oc1ccc(Cl)cc1. The molecule has 1 saturated heterocycles. The Kier molecular flexibility index (Phi) is 15.4. The number of halogens is 1. The number of aldehydes is 1. The van der Waals surface area contributed by atoms with E-state index in [1.54, 1.807) is 56.8 Å². The number of carbonyl (C=O) groups excluding carboxylic acids is 2. The molecule has 1 amide bonds. The van der Waals surface area contributed by atoms with Crippen molar-refractivity contribution in [3.8, 4) is 11.6 Å². The first-order valence-electron chi connectivity index (χ1n) is 12.6. The molecule has 1 aliphatic heterocycles. The highest BCUT2D eigenvalue weighted by Gasteiger charge is 2.19. The highest BCUT2D eigenvalue weighted by Crippen LogP contribution is 2.23. The second kappa shape index (κ2) is 18.8. The Labute approximate surface area is 235 Å². The zero-order chi connectivity index (χ0) is 28.3. The summed E-state index contributed by atoms with van der Waals surface area (Å²) in [4.78, 5) is 30.2. The first kappa shape index (κ1) is 31.9. The van der Waals surface area contributed by atoms with Crippen LogP contribution >= 0.6 is 11.6 Å². The van der Waals surface area contributed by atoms with Gasteiger partial charge in [0.2, 0.25) is 11.8 Å². The average molecular weight is 557 g/mol. The first-order chi connectivity index (χ1) is 19.0. The number of β-amino-alcohol motifs (C(OH)–C–C–N with tert-alkyl or cyclic N) is 1. The molecule has 9 nitrogen and oxygen atoms in total. The number of piperazine rings is 1. The van der Waals surface area contributed by atoms with Gasteiger partial charge < -0.3 is 24.8 Å². The summed E-state index contributed by atoms with van der Waals surface area (Å²) in [5.41, 5.74) is 1.64. The van der Waals surface area contributed by atoms with Crippen LogP contribution < -0.4 is 10.1 Å². The number of amides is 1. The summed E-state index contributed by atoms with van der Waals surface area (Å²) in [5, 5.41) is 12.2. The highest BCUT2D eigenvalue weighted by atomic mass is 35.5. The predicted octanol–water partition coefficient (Wildman–Crippen LogP) is 3.52. The Bertz CT molecular complexity index is 1090. The second-order valence-corrected chi connectivity index (χ2v) is 8.90. The zero-order valence-electron chi connectivity index (χ0n) is 22.5. The van der Waals surface area contributed by atoms with E-state index in [1.807, 2.05) is 35.2 Å². The normalized spacial score (nSPS) is 12.9. The number of hydrogen-bond donors (Lipinski definition) is 2. The Morgan fingerprint density at radius 3 is 2.33 bits per heavy atom. The van der Waals surface area contributed by atoms with Crippen molar-refractivity contribution in [2.45, 2.75) is 6.61 Å². The molecular formula is C29H37ClN4O5. The molecule has 2 heterocycles. The number of nitrogens with one attached hydrogen (secondary N) is 1. The Balaban J connectivity index is 0.000000213. The van der Waals surface area contributed by atoms with Gasteiger partial charge in [-0.1, -0.05) is 41.9 Å². The van der Waals surface area contributed by atoms with E-state index in [9.17, 15) is 9.59 Å². The van der Waals surface area contributed by atoms with Crippen LogP contribution in [0.2, 0.25) is 5.02 Å². The van der Waals surface area contributed by atoms with Crippen LogP contribution in [0.5, 0.6) is 11.6 Å². The van der Waals surface area contributed by atoms with Crippen molar-refractivity contribution >= 4 is 23.8 Å². The molecule has 1 aromatic heterocycles. The molecule has 4 rings (SSSR count). The number of aliphatic hydroxyl groups excluding tert-OH is 1. The number of aliphatic hydroxyl groups is 1. The lowest BCUT2D eigenvalue weighted by Gasteiger charge is -2.34. The number of hydrogen-bond acceptors (Lipinski definition) is 8. The monoisotopic (exact) mass is 556 g/mol. The van der Waals surface area contributed by atoms with Crippen LogP contribution in [0.4, 0.5) is 0 Å². The third kappa shape index (κ3) is 12.4. The summed E-state index contributed by atoms with van der Waals surface area (Å²) >= 11 is 5.75. The molecule has 39 heavy (non-hydrogen) atoms. The van der Waals surface area contributed by atoms with Crippen LogP contribution in [-0.2, 0) is 16.1 Å². The molecule has 210 valence electrons. The van der Waals surface area contributed by atoms with E-state index >= 15 is 0 Å². The number of methoxy groups -OCH3 is 1. The molecule has 2 aromatic carbocycles. The smallest absolute Gasteiger partial charge is 0.236 e. The van der Waals surface area contributed by atoms with Gasteiger partial charge >= 0.3 is 0 Å². The number of carbonyl (C=O) groups is 2. The van der Waals surface area contributed by atoms with E-state index in [4.69, 9.17) is 26.2 Å². The van der Waals surface area contributed by atoms with Crippen molar-refractivity contribution in [3.05, 3.63) is 89.1 Å². The molecule has 0 atom stereocenters. The maximum atomic E-state index is 11.5. The van der Waals surface area contributed by atoms with Crippen molar-refractivity contribution in [2.75, 3.05) is 60.0 Å². The molecule has 10 heteroatoms. The van der Waals surface area contributed by atoms with Gasteiger partial charge in [0.15, 0.2) is 6.29 Å². The molecule has 0 aliphatic carbocycles. The summed E-state index contributed by atoms with van der Waals surface area (Å²) in [5.74, 6) is 1.04. The van der Waals surface area contributed by atoms with Crippen molar-refractivity contribution in [1.29, 1.82) is 0 Å². The zero-order valence-corrected chi connectivity index (χ0v) is 23.2. The maximum absolute atomic E-state index is 11.5.